The Bertz CT molecular complexity index is 1100. The van der Waals surface area contributed by atoms with Crippen molar-refractivity contribution in [2.45, 2.75) is 51.4 Å². The van der Waals surface area contributed by atoms with E-state index in [9.17, 15) is 14.0 Å². The molecule has 0 bridgehead atoms. The van der Waals surface area contributed by atoms with Gasteiger partial charge in [-0.25, -0.2) is 14.0 Å². The summed E-state index contributed by atoms with van der Waals surface area (Å²) in [7, 11) is 0. The number of carbonyl (C=O) groups excluding carboxylic acids is 2. The zero-order valence-corrected chi connectivity index (χ0v) is 19.2. The maximum Gasteiger partial charge on any atom is 0.459 e. The van der Waals surface area contributed by atoms with Gasteiger partial charge in [-0.2, -0.15) is 0 Å². The van der Waals surface area contributed by atoms with Crippen LogP contribution in [0.5, 0.6) is 5.75 Å². The van der Waals surface area contributed by atoms with Gasteiger partial charge in [-0.15, -0.1) is 4.65 Å². The number of aromatic nitrogens is 1. The van der Waals surface area contributed by atoms with Gasteiger partial charge in [0.1, 0.15) is 29.3 Å². The largest absolute Gasteiger partial charge is 0.459 e. The third-order valence-corrected chi connectivity index (χ3v) is 6.70. The molecule has 4 N–H and O–H groups in total. The number of halogens is 2. The number of benzene rings is 1. The van der Waals surface area contributed by atoms with Crippen LogP contribution in [0.4, 0.5) is 14.0 Å². The Kier molecular flexibility index (Phi) is 6.02. The number of hydrogen-bond donors (Lipinski definition) is 2. The van der Waals surface area contributed by atoms with Gasteiger partial charge >= 0.3 is 12.2 Å². The molecule has 2 amide bonds. The molecule has 2 aliphatic heterocycles. The van der Waals surface area contributed by atoms with Crippen molar-refractivity contribution in [3.05, 3.63) is 40.9 Å². The van der Waals surface area contributed by atoms with E-state index in [0.29, 0.717) is 49.4 Å². The lowest BCUT2D eigenvalue weighted by atomic mass is 9.92. The topological polar surface area (TPSA) is 119 Å². The van der Waals surface area contributed by atoms with Crippen LogP contribution in [-0.4, -0.2) is 46.2 Å². The Morgan fingerprint density at radius 1 is 1.30 bits per heavy atom. The first kappa shape index (κ1) is 23.3. The fraction of sp³-hybridized carbons (Fsp3) is 0.455. The molecular weight excluding hydrogens is 455 g/mol. The Hall–Kier alpha value is -2.82. The molecule has 0 saturated carbocycles. The van der Waals surface area contributed by atoms with Crippen molar-refractivity contribution in [3.8, 4) is 16.9 Å². The number of hydrogen-bond acceptors (Lipinski definition) is 5. The number of nitrogens with two attached hydrogens (primary N) is 2. The van der Waals surface area contributed by atoms with Gasteiger partial charge in [0.2, 0.25) is 0 Å². The van der Waals surface area contributed by atoms with Crippen LogP contribution < -0.4 is 16.2 Å². The zero-order chi connectivity index (χ0) is 24.0. The van der Waals surface area contributed by atoms with Gasteiger partial charge in [0.25, 0.3) is 0 Å². The van der Waals surface area contributed by atoms with Crippen LogP contribution in [0.3, 0.4) is 0 Å². The van der Waals surface area contributed by atoms with Gasteiger partial charge in [-0.3, -0.25) is 4.84 Å². The van der Waals surface area contributed by atoms with E-state index in [1.165, 1.54) is 18.2 Å². The number of carbonyl (C=O) groups is 2. The standard InChI is InChI=1S/C22H26ClFN4O5/c1-22(2)11-15(6-9-31-22)28(33-21(26)30)8-7-27-16(12-28)18(32-20(25)29)17(19(27)23)13-4-3-5-14(24)10-13/h3-5,10,15H,6-9,11-12H2,1-2H3,(H3-,25,26,29,30)/p+1. The number of quaternary nitrogens is 1. The summed E-state index contributed by atoms with van der Waals surface area (Å²) in [4.78, 5) is 29.5. The van der Waals surface area contributed by atoms with Gasteiger partial charge in [0, 0.05) is 12.8 Å². The number of primary amides is 2. The molecule has 0 aliphatic carbocycles. The van der Waals surface area contributed by atoms with Crippen LogP contribution in [0.2, 0.25) is 5.15 Å². The molecule has 2 atom stereocenters. The normalized spacial score (nSPS) is 24.1. The second-order valence-corrected chi connectivity index (χ2v) is 9.38. The highest BCUT2D eigenvalue weighted by atomic mass is 35.5. The molecule has 0 radical (unpaired) electrons. The fourth-order valence-electron chi connectivity index (χ4n) is 4.96. The second kappa shape index (κ2) is 8.51. The van der Waals surface area contributed by atoms with E-state index in [0.717, 1.165) is 0 Å². The predicted molar refractivity (Wildman–Crippen MR) is 118 cm³/mol. The minimum Gasteiger partial charge on any atom is -0.408 e. The smallest absolute Gasteiger partial charge is 0.408 e. The first-order valence-electron chi connectivity index (χ1n) is 10.7. The summed E-state index contributed by atoms with van der Waals surface area (Å²) < 4.78 is 26.9. The van der Waals surface area contributed by atoms with E-state index in [1.807, 2.05) is 13.8 Å². The van der Waals surface area contributed by atoms with Crippen molar-refractivity contribution in [2.24, 2.45) is 11.5 Å². The lowest BCUT2D eigenvalue weighted by molar-refractivity contribution is -1.12. The average Bonchev–Trinajstić information content (AvgIpc) is 2.97. The number of hydroxylamine groups is 3. The monoisotopic (exact) mass is 481 g/mol. The van der Waals surface area contributed by atoms with Crippen LogP contribution in [0.25, 0.3) is 11.1 Å². The van der Waals surface area contributed by atoms with Crippen LogP contribution in [0, 0.1) is 5.82 Å². The summed E-state index contributed by atoms with van der Waals surface area (Å²) in [6.45, 7) is 5.34. The quantitative estimate of drug-likeness (QED) is 0.645. The van der Waals surface area contributed by atoms with E-state index >= 15 is 0 Å². The first-order chi connectivity index (χ1) is 15.5. The van der Waals surface area contributed by atoms with Crippen LogP contribution in [0.15, 0.2) is 24.3 Å². The molecule has 1 aromatic heterocycles. The van der Waals surface area contributed by atoms with Crippen molar-refractivity contribution < 1.29 is 32.9 Å². The summed E-state index contributed by atoms with van der Waals surface area (Å²) in [5.41, 5.74) is 11.7. The highest BCUT2D eigenvalue weighted by Gasteiger charge is 2.50. The Morgan fingerprint density at radius 2 is 2.06 bits per heavy atom. The molecule has 0 spiro atoms. The fourth-order valence-corrected chi connectivity index (χ4v) is 5.34. The molecule has 2 aliphatic rings. The van der Waals surface area contributed by atoms with Crippen LogP contribution in [-0.2, 0) is 22.7 Å². The highest BCUT2D eigenvalue weighted by Crippen LogP contribution is 2.46. The lowest BCUT2D eigenvalue weighted by Gasteiger charge is -2.47. The van der Waals surface area contributed by atoms with E-state index in [2.05, 4.69) is 0 Å². The van der Waals surface area contributed by atoms with Crippen molar-refractivity contribution in [1.29, 1.82) is 0 Å². The molecule has 33 heavy (non-hydrogen) atoms. The molecule has 9 nitrogen and oxygen atoms in total. The highest BCUT2D eigenvalue weighted by molar-refractivity contribution is 6.33. The molecule has 4 rings (SSSR count). The first-order valence-corrected chi connectivity index (χ1v) is 11.0. The Labute approximate surface area is 195 Å². The minimum absolute atomic E-state index is 0.0970. The zero-order valence-electron chi connectivity index (χ0n) is 18.5. The summed E-state index contributed by atoms with van der Waals surface area (Å²) in [5, 5.41) is 0.274. The summed E-state index contributed by atoms with van der Waals surface area (Å²) in [5.74, 6) is -0.357. The number of rotatable bonds is 4. The van der Waals surface area contributed by atoms with Gasteiger partial charge in [-0.1, -0.05) is 23.7 Å². The number of amides is 2. The SMILES string of the molecule is CC1(C)CC([N+]2(OC(N)=O)CCn3c(Cl)c(-c4cccc(F)c4)c(OC(N)=O)c3C2)CCO1. The molecule has 11 heteroatoms. The van der Waals surface area contributed by atoms with Crippen LogP contribution >= 0.6 is 11.6 Å². The summed E-state index contributed by atoms with van der Waals surface area (Å²) in [6, 6.07) is 5.68. The molecule has 1 aromatic carbocycles. The molecular formula is C22H27ClFN4O5+. The van der Waals surface area contributed by atoms with Crippen LogP contribution in [0.1, 0.15) is 32.4 Å². The second-order valence-electron chi connectivity index (χ2n) is 9.02. The number of ether oxygens (including phenoxy) is 2. The summed E-state index contributed by atoms with van der Waals surface area (Å²) >= 11 is 6.70. The van der Waals surface area contributed by atoms with Crippen molar-refractivity contribution in [2.75, 3.05) is 13.2 Å². The van der Waals surface area contributed by atoms with Crippen molar-refractivity contribution >= 4 is 23.8 Å². The number of nitrogens with zero attached hydrogens (tertiary/aromatic N) is 2. The maximum absolute atomic E-state index is 14.0. The lowest BCUT2D eigenvalue weighted by Crippen LogP contribution is -2.62. The molecule has 178 valence electrons. The van der Waals surface area contributed by atoms with Gasteiger partial charge in [-0.05, 0) is 31.5 Å². The Balaban J connectivity index is 1.84. The van der Waals surface area contributed by atoms with Gasteiger partial charge < -0.3 is 25.5 Å². The maximum atomic E-state index is 14.0. The van der Waals surface area contributed by atoms with E-state index < -0.39 is 23.6 Å². The molecule has 1 saturated heterocycles. The van der Waals surface area contributed by atoms with Crippen molar-refractivity contribution in [3.63, 3.8) is 0 Å². The molecule has 2 aromatic rings. The minimum atomic E-state index is -1.04. The molecule has 2 unspecified atom stereocenters. The molecule has 1 fully saturated rings. The third kappa shape index (κ3) is 4.50. The predicted octanol–water partition coefficient (Wildman–Crippen LogP) is 3.70. The summed E-state index contributed by atoms with van der Waals surface area (Å²) in [6.07, 6.45) is -0.677. The molecule has 3 heterocycles. The van der Waals surface area contributed by atoms with E-state index in [4.69, 9.17) is 37.4 Å². The van der Waals surface area contributed by atoms with E-state index in [1.54, 1.807) is 10.6 Å². The van der Waals surface area contributed by atoms with Gasteiger partial charge in [0.05, 0.1) is 24.3 Å². The third-order valence-electron chi connectivity index (χ3n) is 6.30. The van der Waals surface area contributed by atoms with Gasteiger partial charge in [0.15, 0.2) is 12.3 Å². The average molecular weight is 482 g/mol. The van der Waals surface area contributed by atoms with E-state index in [-0.39, 0.29) is 28.1 Å². The Morgan fingerprint density at radius 3 is 2.70 bits per heavy atom. The number of fused-ring (bicyclic) bond motifs is 1. The van der Waals surface area contributed by atoms with Crippen molar-refractivity contribution in [1.82, 2.24) is 4.57 Å².